The summed E-state index contributed by atoms with van der Waals surface area (Å²) in [5, 5.41) is 8.98. The molecule has 0 amide bonds. The molecule has 1 rings (SSSR count). The molecular formula is C9H12BrNO. The van der Waals surface area contributed by atoms with Crippen LogP contribution in [0.25, 0.3) is 0 Å². The van der Waals surface area contributed by atoms with Crippen LogP contribution < -0.4 is 5.73 Å². The van der Waals surface area contributed by atoms with E-state index >= 15 is 0 Å². The predicted molar refractivity (Wildman–Crippen MR) is 53.0 cm³/mol. The lowest BCUT2D eigenvalue weighted by Gasteiger charge is -2.11. The summed E-state index contributed by atoms with van der Waals surface area (Å²) in [4.78, 5) is 0. The minimum Gasteiger partial charge on any atom is -0.396 e. The zero-order chi connectivity index (χ0) is 8.97. The van der Waals surface area contributed by atoms with E-state index in [0.29, 0.717) is 6.54 Å². The Bertz CT molecular complexity index is 248. The zero-order valence-electron chi connectivity index (χ0n) is 6.70. The number of halogens is 1. The SMILES string of the molecule is NC[C@@H](CO)c1cccc(Br)c1. The van der Waals surface area contributed by atoms with Gasteiger partial charge in [-0.1, -0.05) is 28.1 Å². The van der Waals surface area contributed by atoms with E-state index in [9.17, 15) is 0 Å². The summed E-state index contributed by atoms with van der Waals surface area (Å²) < 4.78 is 1.02. The van der Waals surface area contributed by atoms with Gasteiger partial charge in [0.2, 0.25) is 0 Å². The Morgan fingerprint density at radius 1 is 1.50 bits per heavy atom. The molecule has 0 bridgehead atoms. The molecule has 0 aromatic heterocycles. The van der Waals surface area contributed by atoms with Crippen molar-refractivity contribution in [3.63, 3.8) is 0 Å². The second-order valence-electron chi connectivity index (χ2n) is 2.67. The van der Waals surface area contributed by atoms with Gasteiger partial charge >= 0.3 is 0 Å². The maximum Gasteiger partial charge on any atom is 0.0511 e. The quantitative estimate of drug-likeness (QED) is 0.826. The molecule has 0 aliphatic rings. The van der Waals surface area contributed by atoms with E-state index in [0.717, 1.165) is 10.0 Å². The Morgan fingerprint density at radius 2 is 2.25 bits per heavy atom. The van der Waals surface area contributed by atoms with Crippen molar-refractivity contribution in [3.05, 3.63) is 34.3 Å². The van der Waals surface area contributed by atoms with Gasteiger partial charge in [-0.2, -0.15) is 0 Å². The van der Waals surface area contributed by atoms with Crippen LogP contribution in [-0.4, -0.2) is 18.3 Å². The molecule has 3 heteroatoms. The molecule has 0 saturated carbocycles. The van der Waals surface area contributed by atoms with Gasteiger partial charge in [-0.05, 0) is 17.7 Å². The minimum absolute atomic E-state index is 0.0579. The Labute approximate surface area is 80.5 Å². The number of nitrogens with two attached hydrogens (primary N) is 1. The summed E-state index contributed by atoms with van der Waals surface area (Å²) in [5.41, 5.74) is 6.57. The zero-order valence-corrected chi connectivity index (χ0v) is 8.29. The fourth-order valence-corrected chi connectivity index (χ4v) is 1.49. The Hall–Kier alpha value is -0.380. The molecule has 1 aromatic rings. The van der Waals surface area contributed by atoms with E-state index in [1.165, 1.54) is 0 Å². The average Bonchev–Trinajstić information content (AvgIpc) is 2.07. The fourth-order valence-electron chi connectivity index (χ4n) is 1.08. The van der Waals surface area contributed by atoms with E-state index < -0.39 is 0 Å². The normalized spacial score (nSPS) is 12.9. The highest BCUT2D eigenvalue weighted by Crippen LogP contribution is 2.18. The number of benzene rings is 1. The molecule has 0 unspecified atom stereocenters. The van der Waals surface area contributed by atoms with Gasteiger partial charge < -0.3 is 10.8 Å². The first-order valence-electron chi connectivity index (χ1n) is 3.84. The van der Waals surface area contributed by atoms with Gasteiger partial charge in [0.05, 0.1) is 6.61 Å². The number of hydrogen-bond acceptors (Lipinski definition) is 2. The molecule has 0 aliphatic heterocycles. The van der Waals surface area contributed by atoms with Crippen LogP contribution in [0.15, 0.2) is 28.7 Å². The molecule has 0 saturated heterocycles. The maximum absolute atomic E-state index is 8.98. The van der Waals surface area contributed by atoms with Crippen molar-refractivity contribution < 1.29 is 5.11 Å². The fraction of sp³-hybridized carbons (Fsp3) is 0.333. The second kappa shape index (κ2) is 4.60. The highest BCUT2D eigenvalue weighted by molar-refractivity contribution is 9.10. The van der Waals surface area contributed by atoms with Crippen LogP contribution >= 0.6 is 15.9 Å². The number of hydrogen-bond donors (Lipinski definition) is 2. The minimum atomic E-state index is 0.0579. The van der Waals surface area contributed by atoms with Crippen LogP contribution in [0.1, 0.15) is 11.5 Å². The Balaban J connectivity index is 2.85. The number of aliphatic hydroxyl groups excluding tert-OH is 1. The van der Waals surface area contributed by atoms with E-state index in [-0.39, 0.29) is 12.5 Å². The van der Waals surface area contributed by atoms with Crippen LogP contribution in [0.4, 0.5) is 0 Å². The summed E-state index contributed by atoms with van der Waals surface area (Å²) >= 11 is 3.37. The van der Waals surface area contributed by atoms with Gasteiger partial charge in [-0.15, -0.1) is 0 Å². The smallest absolute Gasteiger partial charge is 0.0511 e. The summed E-state index contributed by atoms with van der Waals surface area (Å²) in [6.45, 7) is 0.583. The lowest BCUT2D eigenvalue weighted by molar-refractivity contribution is 0.268. The molecule has 66 valence electrons. The van der Waals surface area contributed by atoms with Crippen LogP contribution in [0.5, 0.6) is 0 Å². The van der Waals surface area contributed by atoms with Gasteiger partial charge in [-0.25, -0.2) is 0 Å². The van der Waals surface area contributed by atoms with Gasteiger partial charge in [0.15, 0.2) is 0 Å². The first kappa shape index (κ1) is 9.71. The van der Waals surface area contributed by atoms with Crippen molar-refractivity contribution in [1.29, 1.82) is 0 Å². The highest BCUT2D eigenvalue weighted by Gasteiger charge is 2.07. The van der Waals surface area contributed by atoms with Gasteiger partial charge in [0.25, 0.3) is 0 Å². The topological polar surface area (TPSA) is 46.2 Å². The first-order chi connectivity index (χ1) is 5.77. The molecule has 1 aromatic carbocycles. The predicted octanol–water partition coefficient (Wildman–Crippen LogP) is 1.48. The van der Waals surface area contributed by atoms with E-state index in [4.69, 9.17) is 10.8 Å². The number of aliphatic hydroxyl groups is 1. The Kier molecular flexibility index (Phi) is 3.72. The summed E-state index contributed by atoms with van der Waals surface area (Å²) in [6.07, 6.45) is 0. The van der Waals surface area contributed by atoms with Crippen molar-refractivity contribution in [2.45, 2.75) is 5.92 Å². The third-order valence-corrected chi connectivity index (χ3v) is 2.32. The van der Waals surface area contributed by atoms with Crippen LogP contribution in [0, 0.1) is 0 Å². The molecule has 0 aliphatic carbocycles. The molecule has 0 spiro atoms. The van der Waals surface area contributed by atoms with Gasteiger partial charge in [-0.3, -0.25) is 0 Å². The lowest BCUT2D eigenvalue weighted by Crippen LogP contribution is -2.15. The summed E-state index contributed by atoms with van der Waals surface area (Å²) in [5.74, 6) is 0.0579. The molecule has 2 nitrogen and oxygen atoms in total. The van der Waals surface area contributed by atoms with E-state index in [1.807, 2.05) is 24.3 Å². The standard InChI is InChI=1S/C9H12BrNO/c10-9-3-1-2-7(4-9)8(5-11)6-12/h1-4,8,12H,5-6,11H2/t8-/m0/s1. The first-order valence-corrected chi connectivity index (χ1v) is 4.63. The monoisotopic (exact) mass is 229 g/mol. The van der Waals surface area contributed by atoms with E-state index in [2.05, 4.69) is 15.9 Å². The Morgan fingerprint density at radius 3 is 2.75 bits per heavy atom. The summed E-state index contributed by atoms with van der Waals surface area (Å²) in [6, 6.07) is 7.85. The van der Waals surface area contributed by atoms with Crippen molar-refractivity contribution in [3.8, 4) is 0 Å². The molecule has 0 radical (unpaired) electrons. The van der Waals surface area contributed by atoms with Crippen molar-refractivity contribution in [2.24, 2.45) is 5.73 Å². The largest absolute Gasteiger partial charge is 0.396 e. The average molecular weight is 230 g/mol. The third-order valence-electron chi connectivity index (χ3n) is 1.82. The molecule has 0 fully saturated rings. The number of rotatable bonds is 3. The van der Waals surface area contributed by atoms with E-state index in [1.54, 1.807) is 0 Å². The van der Waals surface area contributed by atoms with Crippen LogP contribution in [-0.2, 0) is 0 Å². The second-order valence-corrected chi connectivity index (χ2v) is 3.59. The highest BCUT2D eigenvalue weighted by atomic mass is 79.9. The maximum atomic E-state index is 8.98. The van der Waals surface area contributed by atoms with Gasteiger partial charge in [0, 0.05) is 16.9 Å². The van der Waals surface area contributed by atoms with Gasteiger partial charge in [0.1, 0.15) is 0 Å². The van der Waals surface area contributed by atoms with Crippen LogP contribution in [0.2, 0.25) is 0 Å². The molecule has 3 N–H and O–H groups in total. The molecule has 0 heterocycles. The van der Waals surface area contributed by atoms with Crippen molar-refractivity contribution in [2.75, 3.05) is 13.2 Å². The summed E-state index contributed by atoms with van der Waals surface area (Å²) in [7, 11) is 0. The van der Waals surface area contributed by atoms with Crippen molar-refractivity contribution >= 4 is 15.9 Å². The van der Waals surface area contributed by atoms with Crippen molar-refractivity contribution in [1.82, 2.24) is 0 Å². The third kappa shape index (κ3) is 2.30. The molecular weight excluding hydrogens is 218 g/mol. The van der Waals surface area contributed by atoms with Crippen LogP contribution in [0.3, 0.4) is 0 Å². The molecule has 1 atom stereocenters. The molecule has 12 heavy (non-hydrogen) atoms. The lowest BCUT2D eigenvalue weighted by atomic mass is 10.0.